The van der Waals surface area contributed by atoms with Crippen LogP contribution in [0.25, 0.3) is 0 Å². The molecule has 1 saturated heterocycles. The molecule has 2 N–H and O–H groups in total. The van der Waals surface area contributed by atoms with Gasteiger partial charge in [0.05, 0.1) is 0 Å². The molecule has 0 aromatic heterocycles. The minimum absolute atomic E-state index is 0.236. The topological polar surface area (TPSA) is 29.3 Å². The van der Waals surface area contributed by atoms with Crippen LogP contribution in [0.5, 0.6) is 0 Å². The first-order valence-corrected chi connectivity index (χ1v) is 8.81. The van der Waals surface area contributed by atoms with Crippen LogP contribution in [0, 0.1) is 5.92 Å². The van der Waals surface area contributed by atoms with Gasteiger partial charge >= 0.3 is 0 Å². The molecule has 0 radical (unpaired) electrons. The third-order valence-corrected chi connectivity index (χ3v) is 4.87. The molecule has 0 aliphatic carbocycles. The summed E-state index contributed by atoms with van der Waals surface area (Å²) in [5.74, 6) is 0.574. The highest BCUT2D eigenvalue weighted by molar-refractivity contribution is 6.30. The molecule has 1 heterocycles. The van der Waals surface area contributed by atoms with Gasteiger partial charge in [0.2, 0.25) is 0 Å². The number of piperidine rings is 1. The second kappa shape index (κ2) is 7.67. The second-order valence-corrected chi connectivity index (χ2v) is 7.39. The van der Waals surface area contributed by atoms with Crippen molar-refractivity contribution in [3.63, 3.8) is 0 Å². The summed E-state index contributed by atoms with van der Waals surface area (Å²) in [6.07, 6.45) is 2.11. The van der Waals surface area contributed by atoms with Gasteiger partial charge in [-0.3, -0.25) is 4.90 Å². The van der Waals surface area contributed by atoms with E-state index < -0.39 is 0 Å². The maximum atomic E-state index is 6.29. The molecule has 23 heavy (non-hydrogen) atoms. The van der Waals surface area contributed by atoms with Crippen molar-refractivity contribution in [2.75, 3.05) is 13.1 Å². The maximum Gasteiger partial charge on any atom is 0.0408 e. The molecule has 2 atom stereocenters. The van der Waals surface area contributed by atoms with Gasteiger partial charge in [0.1, 0.15) is 0 Å². The second-order valence-electron chi connectivity index (χ2n) is 6.52. The number of likely N-dealkylation sites (tertiary alicyclic amines) is 1. The van der Waals surface area contributed by atoms with Gasteiger partial charge in [-0.2, -0.15) is 0 Å². The van der Waals surface area contributed by atoms with Crippen molar-refractivity contribution in [1.82, 2.24) is 4.90 Å². The zero-order valence-electron chi connectivity index (χ0n) is 13.1. The third kappa shape index (κ3) is 4.95. The SMILES string of the molecule is NC1CC(Cc2cccc(Cl)c2)CN(Cc2ccc(Cl)cc2)C1. The first kappa shape index (κ1) is 16.8. The van der Waals surface area contributed by atoms with Crippen molar-refractivity contribution < 1.29 is 0 Å². The van der Waals surface area contributed by atoms with Crippen molar-refractivity contribution in [3.05, 3.63) is 69.7 Å². The smallest absolute Gasteiger partial charge is 0.0408 e. The molecular weight excluding hydrogens is 327 g/mol. The van der Waals surface area contributed by atoms with Crippen molar-refractivity contribution >= 4 is 23.2 Å². The predicted molar refractivity (Wildman–Crippen MR) is 98.0 cm³/mol. The molecule has 122 valence electrons. The van der Waals surface area contributed by atoms with E-state index in [1.807, 2.05) is 24.3 Å². The lowest BCUT2D eigenvalue weighted by Gasteiger charge is -2.36. The molecular formula is C19H22Cl2N2. The molecule has 0 amide bonds. The fraction of sp³-hybridized carbons (Fsp3) is 0.368. The lowest BCUT2D eigenvalue weighted by Crippen LogP contribution is -2.47. The van der Waals surface area contributed by atoms with Crippen molar-refractivity contribution in [3.8, 4) is 0 Å². The zero-order chi connectivity index (χ0) is 16.2. The number of nitrogens with two attached hydrogens (primary N) is 1. The minimum Gasteiger partial charge on any atom is -0.327 e. The van der Waals surface area contributed by atoms with E-state index >= 15 is 0 Å². The van der Waals surface area contributed by atoms with Gasteiger partial charge in [-0.1, -0.05) is 47.5 Å². The largest absolute Gasteiger partial charge is 0.327 e. The average Bonchev–Trinajstić information content (AvgIpc) is 2.49. The number of halogens is 2. The van der Waals surface area contributed by atoms with Crippen LogP contribution >= 0.6 is 23.2 Å². The van der Waals surface area contributed by atoms with Gasteiger partial charge in [0.15, 0.2) is 0 Å². The van der Waals surface area contributed by atoms with Gasteiger partial charge in [0.25, 0.3) is 0 Å². The van der Waals surface area contributed by atoms with Crippen LogP contribution in [0.2, 0.25) is 10.0 Å². The number of rotatable bonds is 4. The lowest BCUT2D eigenvalue weighted by atomic mass is 9.89. The number of benzene rings is 2. The predicted octanol–water partition coefficient (Wildman–Crippen LogP) is 4.39. The van der Waals surface area contributed by atoms with E-state index in [9.17, 15) is 0 Å². The summed E-state index contributed by atoms with van der Waals surface area (Å²) < 4.78 is 0. The molecule has 1 fully saturated rings. The molecule has 0 bridgehead atoms. The standard InChI is InChI=1S/C19H22Cl2N2/c20-17-6-4-14(5-7-17)11-23-12-16(10-19(22)13-23)8-15-2-1-3-18(21)9-15/h1-7,9,16,19H,8,10-13,22H2. The fourth-order valence-electron chi connectivity index (χ4n) is 3.47. The third-order valence-electron chi connectivity index (χ3n) is 4.38. The molecule has 2 aromatic rings. The maximum absolute atomic E-state index is 6.29. The van der Waals surface area contributed by atoms with Crippen molar-refractivity contribution in [1.29, 1.82) is 0 Å². The van der Waals surface area contributed by atoms with E-state index in [0.717, 1.165) is 42.5 Å². The quantitative estimate of drug-likeness (QED) is 0.887. The molecule has 2 unspecified atom stereocenters. The monoisotopic (exact) mass is 348 g/mol. The molecule has 2 aromatic carbocycles. The van der Waals surface area contributed by atoms with Gasteiger partial charge in [0, 0.05) is 35.7 Å². The van der Waals surface area contributed by atoms with Crippen LogP contribution in [0.1, 0.15) is 17.5 Å². The minimum atomic E-state index is 0.236. The Labute approximate surface area is 148 Å². The fourth-order valence-corrected chi connectivity index (χ4v) is 3.81. The van der Waals surface area contributed by atoms with E-state index in [1.54, 1.807) is 0 Å². The summed E-state index contributed by atoms with van der Waals surface area (Å²) in [6.45, 7) is 2.95. The first-order chi connectivity index (χ1) is 11.1. The summed E-state index contributed by atoms with van der Waals surface area (Å²) in [5, 5.41) is 1.59. The van der Waals surface area contributed by atoms with E-state index in [-0.39, 0.29) is 6.04 Å². The summed E-state index contributed by atoms with van der Waals surface area (Å²) in [7, 11) is 0. The Balaban J connectivity index is 1.63. The Morgan fingerprint density at radius 2 is 1.74 bits per heavy atom. The number of nitrogens with zero attached hydrogens (tertiary/aromatic N) is 1. The van der Waals surface area contributed by atoms with E-state index in [0.29, 0.717) is 5.92 Å². The number of hydrogen-bond donors (Lipinski definition) is 1. The molecule has 1 aliphatic heterocycles. The van der Waals surface area contributed by atoms with E-state index in [1.165, 1.54) is 11.1 Å². The van der Waals surface area contributed by atoms with Gasteiger partial charge in [-0.05, 0) is 54.2 Å². The van der Waals surface area contributed by atoms with Crippen LogP contribution in [0.3, 0.4) is 0 Å². The Bertz CT molecular complexity index is 642. The molecule has 0 spiro atoms. The summed E-state index contributed by atoms with van der Waals surface area (Å²) in [4.78, 5) is 2.45. The van der Waals surface area contributed by atoms with Crippen LogP contribution in [-0.4, -0.2) is 24.0 Å². The van der Waals surface area contributed by atoms with E-state index in [4.69, 9.17) is 28.9 Å². The van der Waals surface area contributed by atoms with Crippen molar-refractivity contribution in [2.24, 2.45) is 11.7 Å². The number of hydrogen-bond acceptors (Lipinski definition) is 2. The lowest BCUT2D eigenvalue weighted by molar-refractivity contribution is 0.149. The molecule has 1 aliphatic rings. The molecule has 2 nitrogen and oxygen atoms in total. The van der Waals surface area contributed by atoms with Crippen LogP contribution in [0.15, 0.2) is 48.5 Å². The van der Waals surface area contributed by atoms with E-state index in [2.05, 4.69) is 29.2 Å². The highest BCUT2D eigenvalue weighted by Crippen LogP contribution is 2.23. The molecule has 4 heteroatoms. The molecule has 3 rings (SSSR count). The average molecular weight is 349 g/mol. The summed E-state index contributed by atoms with van der Waals surface area (Å²) in [6, 6.07) is 16.5. The van der Waals surface area contributed by atoms with Crippen LogP contribution in [0.4, 0.5) is 0 Å². The summed E-state index contributed by atoms with van der Waals surface area (Å²) >= 11 is 12.1. The van der Waals surface area contributed by atoms with Crippen LogP contribution < -0.4 is 5.73 Å². The van der Waals surface area contributed by atoms with Crippen LogP contribution in [-0.2, 0) is 13.0 Å². The van der Waals surface area contributed by atoms with Crippen molar-refractivity contribution in [2.45, 2.75) is 25.4 Å². The highest BCUT2D eigenvalue weighted by atomic mass is 35.5. The van der Waals surface area contributed by atoms with Gasteiger partial charge < -0.3 is 5.73 Å². The highest BCUT2D eigenvalue weighted by Gasteiger charge is 2.25. The molecule has 0 saturated carbocycles. The zero-order valence-corrected chi connectivity index (χ0v) is 14.6. The normalized spacial score (nSPS) is 22.2. The summed E-state index contributed by atoms with van der Waals surface area (Å²) in [5.41, 5.74) is 8.86. The first-order valence-electron chi connectivity index (χ1n) is 8.05. The Morgan fingerprint density at radius 3 is 2.48 bits per heavy atom. The Hall–Kier alpha value is -1.06. The Morgan fingerprint density at radius 1 is 0.957 bits per heavy atom. The Kier molecular flexibility index (Phi) is 5.60. The van der Waals surface area contributed by atoms with Gasteiger partial charge in [-0.15, -0.1) is 0 Å². The van der Waals surface area contributed by atoms with Gasteiger partial charge in [-0.25, -0.2) is 0 Å².